The number of carbonyl (C=O) groups excluding carboxylic acids is 3. The summed E-state index contributed by atoms with van der Waals surface area (Å²) < 4.78 is 4.74. The van der Waals surface area contributed by atoms with Gasteiger partial charge in [-0.1, -0.05) is 61.0 Å². The van der Waals surface area contributed by atoms with Crippen LogP contribution in [0.3, 0.4) is 0 Å². The third-order valence-corrected chi connectivity index (χ3v) is 6.04. The molecule has 0 saturated carbocycles. The highest BCUT2D eigenvalue weighted by atomic mass is 16.5. The molecule has 1 aliphatic heterocycles. The SMILES string of the molecule is CCc1ccc(C2/C(=C(\O)c3ccc(C)cc3)C(=O)C(=O)N2c2ccc(C(=O)OC)cc2)cc1. The summed E-state index contributed by atoms with van der Waals surface area (Å²) in [6.07, 6.45) is 0.846. The minimum atomic E-state index is -0.823. The zero-order valence-corrected chi connectivity index (χ0v) is 19.2. The molecule has 1 atom stereocenters. The summed E-state index contributed by atoms with van der Waals surface area (Å²) in [5.41, 5.74) is 4.06. The van der Waals surface area contributed by atoms with Gasteiger partial charge in [0, 0.05) is 11.3 Å². The van der Waals surface area contributed by atoms with E-state index in [1.165, 1.54) is 24.1 Å². The number of aryl methyl sites for hydroxylation is 2. The van der Waals surface area contributed by atoms with Gasteiger partial charge in [0.2, 0.25) is 0 Å². The van der Waals surface area contributed by atoms with Gasteiger partial charge >= 0.3 is 5.97 Å². The number of benzene rings is 3. The minimum absolute atomic E-state index is 0.0233. The van der Waals surface area contributed by atoms with E-state index in [1.54, 1.807) is 24.3 Å². The summed E-state index contributed by atoms with van der Waals surface area (Å²) in [7, 11) is 1.29. The van der Waals surface area contributed by atoms with Gasteiger partial charge in [-0.15, -0.1) is 0 Å². The van der Waals surface area contributed by atoms with Crippen molar-refractivity contribution < 1.29 is 24.2 Å². The second-order valence-corrected chi connectivity index (χ2v) is 8.17. The van der Waals surface area contributed by atoms with E-state index in [-0.39, 0.29) is 11.3 Å². The molecule has 3 aromatic rings. The van der Waals surface area contributed by atoms with Crippen molar-refractivity contribution in [2.24, 2.45) is 0 Å². The number of amides is 1. The molecule has 1 unspecified atom stereocenters. The van der Waals surface area contributed by atoms with Crippen LogP contribution in [0.2, 0.25) is 0 Å². The molecule has 0 aromatic heterocycles. The van der Waals surface area contributed by atoms with E-state index >= 15 is 0 Å². The predicted molar refractivity (Wildman–Crippen MR) is 130 cm³/mol. The van der Waals surface area contributed by atoms with E-state index in [4.69, 9.17) is 4.74 Å². The Balaban J connectivity index is 1.88. The van der Waals surface area contributed by atoms with Crippen molar-refractivity contribution in [3.63, 3.8) is 0 Å². The van der Waals surface area contributed by atoms with Crippen LogP contribution in [0, 0.1) is 6.92 Å². The van der Waals surface area contributed by atoms with Gasteiger partial charge in [-0.05, 0) is 48.7 Å². The lowest BCUT2D eigenvalue weighted by atomic mass is 9.94. The largest absolute Gasteiger partial charge is 0.507 e. The van der Waals surface area contributed by atoms with Crippen molar-refractivity contribution in [2.45, 2.75) is 26.3 Å². The smallest absolute Gasteiger partial charge is 0.337 e. The average molecular weight is 456 g/mol. The predicted octanol–water partition coefficient (Wildman–Crippen LogP) is 4.97. The Morgan fingerprint density at radius 1 is 0.912 bits per heavy atom. The Kier molecular flexibility index (Phi) is 6.32. The molecule has 3 aromatic carbocycles. The molecule has 172 valence electrons. The van der Waals surface area contributed by atoms with Crippen molar-refractivity contribution in [1.29, 1.82) is 0 Å². The van der Waals surface area contributed by atoms with Crippen LogP contribution in [0.15, 0.2) is 78.4 Å². The lowest BCUT2D eigenvalue weighted by Crippen LogP contribution is -2.29. The van der Waals surface area contributed by atoms with Crippen LogP contribution in [0.4, 0.5) is 5.69 Å². The first-order valence-electron chi connectivity index (χ1n) is 11.0. The molecule has 6 heteroatoms. The fraction of sp³-hybridized carbons (Fsp3) is 0.179. The number of aliphatic hydroxyl groups is 1. The van der Waals surface area contributed by atoms with E-state index in [1.807, 2.05) is 50.2 Å². The second-order valence-electron chi connectivity index (χ2n) is 8.17. The van der Waals surface area contributed by atoms with E-state index in [0.717, 1.165) is 17.5 Å². The van der Waals surface area contributed by atoms with Crippen LogP contribution in [0.25, 0.3) is 5.76 Å². The van der Waals surface area contributed by atoms with Crippen molar-refractivity contribution in [3.8, 4) is 0 Å². The van der Waals surface area contributed by atoms with Gasteiger partial charge in [0.05, 0.1) is 24.3 Å². The maximum absolute atomic E-state index is 13.2. The Bertz CT molecular complexity index is 1270. The van der Waals surface area contributed by atoms with E-state index in [2.05, 4.69) is 0 Å². The molecule has 0 aliphatic carbocycles. The van der Waals surface area contributed by atoms with E-state index < -0.39 is 23.7 Å². The summed E-state index contributed by atoms with van der Waals surface area (Å²) in [5.74, 6) is -2.24. The van der Waals surface area contributed by atoms with Gasteiger partial charge in [-0.25, -0.2) is 4.79 Å². The third kappa shape index (κ3) is 4.10. The van der Waals surface area contributed by atoms with Gasteiger partial charge in [0.15, 0.2) is 0 Å². The lowest BCUT2D eigenvalue weighted by Gasteiger charge is -2.25. The highest BCUT2D eigenvalue weighted by molar-refractivity contribution is 6.51. The number of anilines is 1. The number of carbonyl (C=O) groups is 3. The molecule has 6 nitrogen and oxygen atoms in total. The average Bonchev–Trinajstić information content (AvgIpc) is 3.14. The zero-order chi connectivity index (χ0) is 24.4. The number of Topliss-reactive ketones (excluding diaryl/α,β-unsaturated/α-hetero) is 1. The zero-order valence-electron chi connectivity index (χ0n) is 19.2. The van der Waals surface area contributed by atoms with Crippen molar-refractivity contribution in [3.05, 3.63) is 106 Å². The third-order valence-electron chi connectivity index (χ3n) is 6.04. The van der Waals surface area contributed by atoms with Gasteiger partial charge in [-0.3, -0.25) is 14.5 Å². The second kappa shape index (κ2) is 9.35. The molecule has 1 N–H and O–H groups in total. The molecule has 1 amide bonds. The normalized spacial score (nSPS) is 17.1. The summed E-state index contributed by atoms with van der Waals surface area (Å²) in [6.45, 7) is 3.97. The topological polar surface area (TPSA) is 83.9 Å². The maximum Gasteiger partial charge on any atom is 0.337 e. The van der Waals surface area contributed by atoms with E-state index in [0.29, 0.717) is 22.4 Å². The molecule has 34 heavy (non-hydrogen) atoms. The van der Waals surface area contributed by atoms with Crippen molar-refractivity contribution in [1.82, 2.24) is 0 Å². The summed E-state index contributed by atoms with van der Waals surface area (Å²) >= 11 is 0. The highest BCUT2D eigenvalue weighted by Gasteiger charge is 2.47. The molecule has 4 rings (SSSR count). The number of nitrogens with zero attached hydrogens (tertiary/aromatic N) is 1. The van der Waals surface area contributed by atoms with Crippen LogP contribution >= 0.6 is 0 Å². The Labute approximate surface area is 198 Å². The van der Waals surface area contributed by atoms with Gasteiger partial charge in [0.1, 0.15) is 5.76 Å². The fourth-order valence-corrected chi connectivity index (χ4v) is 4.09. The maximum atomic E-state index is 13.2. The number of aliphatic hydroxyl groups excluding tert-OH is 1. The standard InChI is InChI=1S/C28H25NO5/c1-4-18-7-11-19(12-8-18)24-23(25(30)20-9-5-17(2)6-10-20)26(31)27(32)29(24)22-15-13-21(14-16-22)28(33)34-3/h5-16,24,30H,4H2,1-3H3/b25-23+. The van der Waals surface area contributed by atoms with Crippen LogP contribution < -0.4 is 4.90 Å². The molecule has 1 aliphatic rings. The van der Waals surface area contributed by atoms with Gasteiger partial charge in [-0.2, -0.15) is 0 Å². The first kappa shape index (κ1) is 23.0. The van der Waals surface area contributed by atoms with Crippen molar-refractivity contribution in [2.75, 3.05) is 12.0 Å². The summed E-state index contributed by atoms with van der Waals surface area (Å²) in [6, 6.07) is 20.2. The summed E-state index contributed by atoms with van der Waals surface area (Å²) in [4.78, 5) is 39.6. The number of rotatable bonds is 5. The number of hydrogen-bond donors (Lipinski definition) is 1. The number of methoxy groups -OCH3 is 1. The molecular formula is C28H25NO5. The Morgan fingerprint density at radius 3 is 2.06 bits per heavy atom. The fourth-order valence-electron chi connectivity index (χ4n) is 4.09. The monoisotopic (exact) mass is 455 g/mol. The van der Waals surface area contributed by atoms with Crippen LogP contribution in [-0.4, -0.2) is 29.9 Å². The van der Waals surface area contributed by atoms with Crippen molar-refractivity contribution >= 4 is 29.1 Å². The van der Waals surface area contributed by atoms with Crippen LogP contribution in [-0.2, 0) is 20.7 Å². The first-order chi connectivity index (χ1) is 16.3. The quantitative estimate of drug-likeness (QED) is 0.254. The minimum Gasteiger partial charge on any atom is -0.507 e. The van der Waals surface area contributed by atoms with Gasteiger partial charge < -0.3 is 9.84 Å². The number of ketones is 1. The molecule has 0 spiro atoms. The van der Waals surface area contributed by atoms with Gasteiger partial charge in [0.25, 0.3) is 11.7 Å². The molecule has 1 fully saturated rings. The molecule has 1 heterocycles. The van der Waals surface area contributed by atoms with Crippen LogP contribution in [0.5, 0.6) is 0 Å². The highest BCUT2D eigenvalue weighted by Crippen LogP contribution is 2.42. The molecule has 1 saturated heterocycles. The molecular weight excluding hydrogens is 430 g/mol. The molecule has 0 bridgehead atoms. The Morgan fingerprint density at radius 2 is 1.50 bits per heavy atom. The number of esters is 1. The van der Waals surface area contributed by atoms with E-state index in [9.17, 15) is 19.5 Å². The van der Waals surface area contributed by atoms with Crippen LogP contribution in [0.1, 0.15) is 45.6 Å². The number of ether oxygens (including phenoxy) is 1. The first-order valence-corrected chi connectivity index (χ1v) is 11.0. The summed E-state index contributed by atoms with van der Waals surface area (Å²) in [5, 5.41) is 11.2. The Hall–Kier alpha value is -4.19. The number of hydrogen-bond acceptors (Lipinski definition) is 5. The lowest BCUT2D eigenvalue weighted by molar-refractivity contribution is -0.132. The molecule has 0 radical (unpaired) electrons.